The van der Waals surface area contributed by atoms with Crippen LogP contribution < -0.4 is 10.4 Å². The summed E-state index contributed by atoms with van der Waals surface area (Å²) in [6.07, 6.45) is -3.51. The number of halogens is 4. The van der Waals surface area contributed by atoms with E-state index in [2.05, 4.69) is 0 Å². The number of aromatic nitrogens is 1. The molecule has 0 saturated carbocycles. The molecular formula is C25H21F4N3O3S. The number of rotatable bonds is 2. The number of aryl methyl sites for hydroxylation is 1. The third-order valence-electron chi connectivity index (χ3n) is 6.68. The van der Waals surface area contributed by atoms with Crippen molar-refractivity contribution >= 4 is 17.7 Å². The van der Waals surface area contributed by atoms with Crippen molar-refractivity contribution in [3.8, 4) is 5.75 Å². The van der Waals surface area contributed by atoms with E-state index in [1.54, 1.807) is 12.1 Å². The maximum Gasteiger partial charge on any atom is 0.408 e. The van der Waals surface area contributed by atoms with Crippen molar-refractivity contribution in [3.63, 3.8) is 0 Å². The van der Waals surface area contributed by atoms with Gasteiger partial charge in [-0.2, -0.15) is 13.2 Å². The minimum atomic E-state index is -4.76. The van der Waals surface area contributed by atoms with Crippen LogP contribution in [0.4, 0.5) is 17.6 Å². The van der Waals surface area contributed by atoms with Crippen molar-refractivity contribution in [1.82, 2.24) is 9.58 Å². The van der Waals surface area contributed by atoms with Crippen LogP contribution in [0.25, 0.3) is 0 Å². The summed E-state index contributed by atoms with van der Waals surface area (Å²) >= 11 is 1.42. The Balaban J connectivity index is 1.81. The lowest BCUT2D eigenvalue weighted by Crippen LogP contribution is -2.60. The SMILES string of the molecule is Cc1cccc2c1SCc1c(F)cccc1[C@@H]2N1CN([C@H](C)C(F)(F)F)C(=O)c2c(O)c(=O)ccn21. The van der Waals surface area contributed by atoms with Crippen LogP contribution in [-0.2, 0) is 5.75 Å². The molecule has 2 aliphatic rings. The largest absolute Gasteiger partial charge is 0.502 e. The molecule has 188 valence electrons. The average Bonchev–Trinajstić information content (AvgIpc) is 2.99. The van der Waals surface area contributed by atoms with Gasteiger partial charge >= 0.3 is 6.18 Å². The number of nitrogens with zero attached hydrogens (tertiary/aromatic N) is 3. The van der Waals surface area contributed by atoms with Crippen LogP contribution >= 0.6 is 11.8 Å². The van der Waals surface area contributed by atoms with E-state index >= 15 is 4.39 Å². The van der Waals surface area contributed by atoms with Crippen molar-refractivity contribution in [2.75, 3.05) is 11.7 Å². The predicted molar refractivity (Wildman–Crippen MR) is 126 cm³/mol. The summed E-state index contributed by atoms with van der Waals surface area (Å²) in [6.45, 7) is 2.22. The summed E-state index contributed by atoms with van der Waals surface area (Å²) in [5.41, 5.74) is 1.06. The molecule has 6 nitrogen and oxygen atoms in total. The van der Waals surface area contributed by atoms with Crippen LogP contribution in [-0.4, -0.2) is 39.5 Å². The second-order valence-electron chi connectivity index (χ2n) is 8.79. The molecule has 0 fully saturated rings. The smallest absolute Gasteiger partial charge is 0.408 e. The molecule has 0 aliphatic carbocycles. The van der Waals surface area contributed by atoms with Crippen LogP contribution in [0.2, 0.25) is 0 Å². The van der Waals surface area contributed by atoms with Gasteiger partial charge in [-0.3, -0.25) is 19.3 Å². The van der Waals surface area contributed by atoms with Gasteiger partial charge in [0.2, 0.25) is 5.43 Å². The Labute approximate surface area is 207 Å². The van der Waals surface area contributed by atoms with Gasteiger partial charge in [0.15, 0.2) is 11.4 Å². The van der Waals surface area contributed by atoms with Gasteiger partial charge in [0.1, 0.15) is 18.5 Å². The summed E-state index contributed by atoms with van der Waals surface area (Å²) in [5.74, 6) is -2.22. The number of carbonyl (C=O) groups excluding carboxylic acids is 1. The summed E-state index contributed by atoms with van der Waals surface area (Å²) < 4.78 is 57.6. The fourth-order valence-electron chi connectivity index (χ4n) is 4.74. The van der Waals surface area contributed by atoms with Crippen molar-refractivity contribution < 1.29 is 27.5 Å². The molecule has 1 aromatic heterocycles. The molecule has 3 aromatic rings. The highest BCUT2D eigenvalue weighted by Gasteiger charge is 2.47. The van der Waals surface area contributed by atoms with E-state index in [4.69, 9.17) is 0 Å². The van der Waals surface area contributed by atoms with Gasteiger partial charge in [-0.25, -0.2) is 4.39 Å². The molecule has 1 amide bonds. The molecule has 0 saturated heterocycles. The third-order valence-corrected chi connectivity index (χ3v) is 7.96. The van der Waals surface area contributed by atoms with Crippen molar-refractivity contribution in [2.24, 2.45) is 0 Å². The quantitative estimate of drug-likeness (QED) is 0.498. The molecule has 3 heterocycles. The maximum atomic E-state index is 15.0. The number of benzene rings is 2. The number of aromatic hydroxyl groups is 1. The second-order valence-corrected chi connectivity index (χ2v) is 9.77. The number of fused-ring (bicyclic) bond motifs is 3. The highest BCUT2D eigenvalue weighted by Crippen LogP contribution is 2.45. The molecule has 5 rings (SSSR count). The van der Waals surface area contributed by atoms with Crippen LogP contribution in [0.3, 0.4) is 0 Å². The molecule has 0 bridgehead atoms. The van der Waals surface area contributed by atoms with Gasteiger partial charge in [0.25, 0.3) is 5.91 Å². The molecule has 2 atom stereocenters. The lowest BCUT2D eigenvalue weighted by Gasteiger charge is -2.46. The minimum Gasteiger partial charge on any atom is -0.502 e. The van der Waals surface area contributed by atoms with Crippen LogP contribution in [0.1, 0.15) is 45.7 Å². The molecule has 2 aliphatic heterocycles. The van der Waals surface area contributed by atoms with Crippen molar-refractivity contribution in [1.29, 1.82) is 0 Å². The van der Waals surface area contributed by atoms with Crippen LogP contribution in [0, 0.1) is 12.7 Å². The maximum absolute atomic E-state index is 15.0. The fraction of sp³-hybridized carbons (Fsp3) is 0.280. The standard InChI is InChI=1S/C25H21F4N3O3S/c1-13-5-3-7-16-20(15-6-4-8-18(26)17(15)11-36-23(13)16)32-12-30(14(2)25(27,28)29)24(35)21-22(34)19(33)9-10-31(21)32/h3-10,14,20,34H,11-12H2,1-2H3/t14-,20+/m1/s1. The number of amides is 1. The van der Waals surface area contributed by atoms with Crippen molar-refractivity contribution in [2.45, 2.75) is 42.8 Å². The lowest BCUT2D eigenvalue weighted by molar-refractivity contribution is -0.173. The Kier molecular flexibility index (Phi) is 5.77. The molecule has 2 aromatic carbocycles. The zero-order chi connectivity index (χ0) is 25.9. The number of hydrogen-bond acceptors (Lipinski definition) is 5. The Bertz CT molecular complexity index is 1390. The average molecular weight is 520 g/mol. The van der Waals surface area contributed by atoms with E-state index in [0.29, 0.717) is 27.3 Å². The molecule has 0 unspecified atom stereocenters. The van der Waals surface area contributed by atoms with E-state index < -0.39 is 53.5 Å². The Morgan fingerprint density at radius 2 is 1.78 bits per heavy atom. The summed E-state index contributed by atoms with van der Waals surface area (Å²) in [7, 11) is 0. The predicted octanol–water partition coefficient (Wildman–Crippen LogP) is 4.70. The van der Waals surface area contributed by atoms with Crippen LogP contribution in [0.15, 0.2) is 58.4 Å². The van der Waals surface area contributed by atoms with Gasteiger partial charge in [-0.15, -0.1) is 11.8 Å². The number of carbonyl (C=O) groups is 1. The Morgan fingerprint density at radius 1 is 1.08 bits per heavy atom. The van der Waals surface area contributed by atoms with Crippen molar-refractivity contribution in [3.05, 3.63) is 92.6 Å². The van der Waals surface area contributed by atoms with Gasteiger partial charge in [-0.05, 0) is 36.6 Å². The van der Waals surface area contributed by atoms with Gasteiger partial charge in [0, 0.05) is 28.5 Å². The molecule has 0 spiro atoms. The van der Waals surface area contributed by atoms with Crippen LogP contribution in [0.5, 0.6) is 5.75 Å². The van der Waals surface area contributed by atoms with E-state index in [1.807, 2.05) is 19.1 Å². The zero-order valence-electron chi connectivity index (χ0n) is 19.2. The van der Waals surface area contributed by atoms with E-state index in [9.17, 15) is 27.9 Å². The molecular weight excluding hydrogens is 498 g/mol. The molecule has 1 N–H and O–H groups in total. The number of alkyl halides is 3. The zero-order valence-corrected chi connectivity index (χ0v) is 20.0. The highest BCUT2D eigenvalue weighted by molar-refractivity contribution is 7.98. The number of thioether (sulfide) groups is 1. The first-order chi connectivity index (χ1) is 17.0. The molecule has 36 heavy (non-hydrogen) atoms. The van der Waals surface area contributed by atoms with Gasteiger partial charge in [-0.1, -0.05) is 30.3 Å². The summed E-state index contributed by atoms with van der Waals surface area (Å²) in [6, 6.07) is 8.08. The Morgan fingerprint density at radius 3 is 2.50 bits per heavy atom. The lowest BCUT2D eigenvalue weighted by atomic mass is 9.93. The number of hydrogen-bond donors (Lipinski definition) is 1. The first-order valence-electron chi connectivity index (χ1n) is 11.1. The normalized spacial score (nSPS) is 18.3. The van der Waals surface area contributed by atoms with Gasteiger partial charge < -0.3 is 10.0 Å². The van der Waals surface area contributed by atoms with E-state index in [1.165, 1.54) is 39.8 Å². The first kappa shape index (κ1) is 24.2. The topological polar surface area (TPSA) is 65.8 Å². The van der Waals surface area contributed by atoms with E-state index in [-0.39, 0.29) is 0 Å². The fourth-order valence-corrected chi connectivity index (χ4v) is 5.98. The highest BCUT2D eigenvalue weighted by atomic mass is 32.2. The van der Waals surface area contributed by atoms with E-state index in [0.717, 1.165) is 23.4 Å². The second kappa shape index (κ2) is 8.58. The number of pyridine rings is 1. The Hall–Kier alpha value is -3.47. The van der Waals surface area contributed by atoms with Gasteiger partial charge in [0.05, 0.1) is 6.04 Å². The monoisotopic (exact) mass is 519 g/mol. The molecule has 0 radical (unpaired) electrons. The minimum absolute atomic E-state index is 0.300. The molecule has 11 heteroatoms. The summed E-state index contributed by atoms with van der Waals surface area (Å²) in [4.78, 5) is 26.8. The summed E-state index contributed by atoms with van der Waals surface area (Å²) in [5, 5.41) is 12.0. The first-order valence-corrected chi connectivity index (χ1v) is 12.1. The third kappa shape index (κ3) is 3.73.